The second-order valence-electron chi connectivity index (χ2n) is 4.98. The smallest absolute Gasteiger partial charge is 0.125 e. The molecule has 0 aliphatic carbocycles. The van der Waals surface area contributed by atoms with Gasteiger partial charge in [-0.1, -0.05) is 35.9 Å². The van der Waals surface area contributed by atoms with E-state index in [0.717, 1.165) is 22.4 Å². The van der Waals surface area contributed by atoms with E-state index in [9.17, 15) is 5.11 Å². The van der Waals surface area contributed by atoms with Crippen molar-refractivity contribution < 1.29 is 9.84 Å². The maximum atomic E-state index is 9.34. The van der Waals surface area contributed by atoms with E-state index in [-0.39, 0.29) is 6.61 Å². The molecular formula is C17H20O2. The summed E-state index contributed by atoms with van der Waals surface area (Å²) in [7, 11) is 0. The van der Waals surface area contributed by atoms with Crippen LogP contribution >= 0.6 is 0 Å². The molecule has 0 saturated carbocycles. The van der Waals surface area contributed by atoms with Crippen LogP contribution in [0.2, 0.25) is 0 Å². The van der Waals surface area contributed by atoms with Crippen LogP contribution in [0.4, 0.5) is 0 Å². The molecule has 0 amide bonds. The Balaban J connectivity index is 2.12. The fourth-order valence-electron chi connectivity index (χ4n) is 2.03. The predicted molar refractivity (Wildman–Crippen MR) is 77.3 cm³/mol. The third kappa shape index (κ3) is 3.36. The molecule has 0 aromatic heterocycles. The van der Waals surface area contributed by atoms with Gasteiger partial charge >= 0.3 is 0 Å². The van der Waals surface area contributed by atoms with Gasteiger partial charge in [0.2, 0.25) is 0 Å². The number of rotatable bonds is 4. The molecule has 2 rings (SSSR count). The number of benzene rings is 2. The number of aliphatic hydroxyl groups is 1. The van der Waals surface area contributed by atoms with Crippen molar-refractivity contribution in [3.63, 3.8) is 0 Å². The SMILES string of the molecule is Cc1ccc(OCc2ccc(C)c(C)c2)c(CO)c1. The van der Waals surface area contributed by atoms with Crippen LogP contribution in [0.15, 0.2) is 36.4 Å². The minimum absolute atomic E-state index is 0.00391. The van der Waals surface area contributed by atoms with E-state index in [1.54, 1.807) is 0 Å². The van der Waals surface area contributed by atoms with Crippen molar-refractivity contribution in [2.75, 3.05) is 0 Å². The molecule has 0 aliphatic heterocycles. The van der Waals surface area contributed by atoms with E-state index in [1.165, 1.54) is 11.1 Å². The first-order chi connectivity index (χ1) is 9.10. The Kier molecular flexibility index (Phi) is 4.23. The quantitative estimate of drug-likeness (QED) is 0.904. The molecule has 0 unspecified atom stereocenters. The van der Waals surface area contributed by atoms with Gasteiger partial charge in [-0.3, -0.25) is 0 Å². The van der Waals surface area contributed by atoms with Crippen LogP contribution in [-0.2, 0) is 13.2 Å². The van der Waals surface area contributed by atoms with Crippen molar-refractivity contribution in [2.24, 2.45) is 0 Å². The van der Waals surface area contributed by atoms with Gasteiger partial charge in [-0.25, -0.2) is 0 Å². The van der Waals surface area contributed by atoms with E-state index in [1.807, 2.05) is 25.1 Å². The standard InChI is InChI=1S/C17H20O2/c1-12-4-7-17(16(8-12)10-18)19-11-15-6-5-13(2)14(3)9-15/h4-9,18H,10-11H2,1-3H3. The van der Waals surface area contributed by atoms with Crippen molar-refractivity contribution in [3.05, 3.63) is 64.2 Å². The van der Waals surface area contributed by atoms with E-state index < -0.39 is 0 Å². The summed E-state index contributed by atoms with van der Waals surface area (Å²) in [6.45, 7) is 6.74. The maximum absolute atomic E-state index is 9.34. The molecule has 2 heteroatoms. The monoisotopic (exact) mass is 256 g/mol. The molecule has 1 N–H and O–H groups in total. The van der Waals surface area contributed by atoms with Gasteiger partial charge in [0, 0.05) is 5.56 Å². The van der Waals surface area contributed by atoms with Crippen LogP contribution in [0.5, 0.6) is 5.75 Å². The molecule has 0 fully saturated rings. The first-order valence-corrected chi connectivity index (χ1v) is 6.49. The summed E-state index contributed by atoms with van der Waals surface area (Å²) in [5.74, 6) is 0.756. The lowest BCUT2D eigenvalue weighted by Crippen LogP contribution is -2.00. The molecule has 2 nitrogen and oxygen atoms in total. The first kappa shape index (κ1) is 13.6. The van der Waals surface area contributed by atoms with Gasteiger partial charge in [-0.15, -0.1) is 0 Å². The van der Waals surface area contributed by atoms with Gasteiger partial charge in [0.1, 0.15) is 12.4 Å². The Labute approximate surface area is 114 Å². The van der Waals surface area contributed by atoms with Gasteiger partial charge in [-0.05, 0) is 43.5 Å². The second-order valence-corrected chi connectivity index (χ2v) is 4.98. The molecule has 0 saturated heterocycles. The maximum Gasteiger partial charge on any atom is 0.125 e. The highest BCUT2D eigenvalue weighted by molar-refractivity contribution is 5.37. The fourth-order valence-corrected chi connectivity index (χ4v) is 2.03. The molecule has 100 valence electrons. The summed E-state index contributed by atoms with van der Waals surface area (Å²) in [5.41, 5.74) is 5.67. The van der Waals surface area contributed by atoms with Crippen LogP contribution in [0.3, 0.4) is 0 Å². The van der Waals surface area contributed by atoms with Crippen molar-refractivity contribution >= 4 is 0 Å². The van der Waals surface area contributed by atoms with Crippen LogP contribution < -0.4 is 4.74 Å². The van der Waals surface area contributed by atoms with E-state index >= 15 is 0 Å². The minimum Gasteiger partial charge on any atom is -0.489 e. The molecule has 19 heavy (non-hydrogen) atoms. The van der Waals surface area contributed by atoms with E-state index in [2.05, 4.69) is 32.0 Å². The van der Waals surface area contributed by atoms with Crippen LogP contribution in [-0.4, -0.2) is 5.11 Å². The molecule has 0 atom stereocenters. The summed E-state index contributed by atoms with van der Waals surface area (Å²) in [6, 6.07) is 12.2. The summed E-state index contributed by atoms with van der Waals surface area (Å²) in [4.78, 5) is 0. The average molecular weight is 256 g/mol. The van der Waals surface area contributed by atoms with Crippen molar-refractivity contribution in [1.82, 2.24) is 0 Å². The van der Waals surface area contributed by atoms with Crippen molar-refractivity contribution in [3.8, 4) is 5.75 Å². The summed E-state index contributed by atoms with van der Waals surface area (Å²) in [6.07, 6.45) is 0. The highest BCUT2D eigenvalue weighted by Crippen LogP contribution is 2.21. The van der Waals surface area contributed by atoms with Crippen LogP contribution in [0, 0.1) is 20.8 Å². The Morgan fingerprint density at radius 2 is 1.74 bits per heavy atom. The molecule has 0 bridgehead atoms. The van der Waals surface area contributed by atoms with Gasteiger partial charge in [0.25, 0.3) is 0 Å². The lowest BCUT2D eigenvalue weighted by Gasteiger charge is -2.12. The summed E-state index contributed by atoms with van der Waals surface area (Å²) in [5, 5.41) is 9.34. The van der Waals surface area contributed by atoms with Gasteiger partial charge in [0.05, 0.1) is 6.61 Å². The van der Waals surface area contributed by atoms with Gasteiger partial charge < -0.3 is 9.84 Å². The summed E-state index contributed by atoms with van der Waals surface area (Å²) < 4.78 is 5.80. The number of hydrogen-bond donors (Lipinski definition) is 1. The largest absolute Gasteiger partial charge is 0.489 e. The summed E-state index contributed by atoms with van der Waals surface area (Å²) >= 11 is 0. The van der Waals surface area contributed by atoms with Gasteiger partial charge in [0.15, 0.2) is 0 Å². The fraction of sp³-hybridized carbons (Fsp3) is 0.294. The highest BCUT2D eigenvalue weighted by atomic mass is 16.5. The Hall–Kier alpha value is -1.80. The van der Waals surface area contributed by atoms with Crippen molar-refractivity contribution in [1.29, 1.82) is 0 Å². The van der Waals surface area contributed by atoms with Crippen LogP contribution in [0.25, 0.3) is 0 Å². The number of aryl methyl sites for hydroxylation is 3. The molecule has 2 aromatic carbocycles. The third-order valence-electron chi connectivity index (χ3n) is 3.35. The second kappa shape index (κ2) is 5.89. The zero-order chi connectivity index (χ0) is 13.8. The molecule has 2 aromatic rings. The molecule has 0 aliphatic rings. The highest BCUT2D eigenvalue weighted by Gasteiger charge is 2.04. The number of ether oxygens (including phenoxy) is 1. The predicted octanol–water partition coefficient (Wildman–Crippen LogP) is 3.68. The number of hydrogen-bond acceptors (Lipinski definition) is 2. The number of aliphatic hydroxyl groups excluding tert-OH is 1. The average Bonchev–Trinajstić information content (AvgIpc) is 2.41. The normalized spacial score (nSPS) is 10.5. The minimum atomic E-state index is 0.00391. The lowest BCUT2D eigenvalue weighted by molar-refractivity contribution is 0.259. The molecule has 0 spiro atoms. The first-order valence-electron chi connectivity index (χ1n) is 6.49. The lowest BCUT2D eigenvalue weighted by atomic mass is 10.1. The Morgan fingerprint density at radius 3 is 2.42 bits per heavy atom. The van der Waals surface area contributed by atoms with Crippen molar-refractivity contribution in [2.45, 2.75) is 34.0 Å². The zero-order valence-electron chi connectivity index (χ0n) is 11.7. The molecular weight excluding hydrogens is 236 g/mol. The van der Waals surface area contributed by atoms with Crippen LogP contribution in [0.1, 0.15) is 27.8 Å². The topological polar surface area (TPSA) is 29.5 Å². The third-order valence-corrected chi connectivity index (χ3v) is 3.35. The van der Waals surface area contributed by atoms with Gasteiger partial charge in [-0.2, -0.15) is 0 Å². The molecule has 0 heterocycles. The molecule has 0 radical (unpaired) electrons. The van der Waals surface area contributed by atoms with E-state index in [4.69, 9.17) is 4.74 Å². The Bertz CT molecular complexity index is 573. The van der Waals surface area contributed by atoms with E-state index in [0.29, 0.717) is 6.61 Å². The Morgan fingerprint density at radius 1 is 0.947 bits per heavy atom. The zero-order valence-corrected chi connectivity index (χ0v) is 11.7.